The van der Waals surface area contributed by atoms with Crippen molar-refractivity contribution in [1.29, 1.82) is 0 Å². The Balaban J connectivity index is 3.01. The van der Waals surface area contributed by atoms with Crippen LogP contribution in [-0.2, 0) is 24.3 Å². The predicted molar refractivity (Wildman–Crippen MR) is 67.6 cm³/mol. The summed E-state index contributed by atoms with van der Waals surface area (Å²) in [5, 5.41) is 8.61. The maximum Gasteiger partial charge on any atom is 0.322 e. The standard InChI is InChI=1S/C10H11ClN2O6S/c1-19-8(14)5-6(10(15)16)13-20(17,18)7-3-2-4-12-9(7)11/h2-4,6,13H,5H2,1H3,(H,15,16)/t6-/m0/s1. The van der Waals surface area contributed by atoms with Crippen molar-refractivity contribution in [3.63, 3.8) is 0 Å². The largest absolute Gasteiger partial charge is 0.480 e. The number of hydrogen-bond acceptors (Lipinski definition) is 6. The Bertz CT molecular complexity index is 618. The minimum absolute atomic E-state index is 0.304. The predicted octanol–water partition coefficient (Wildman–Crippen LogP) is 0.0296. The van der Waals surface area contributed by atoms with Gasteiger partial charge in [-0.2, -0.15) is 4.72 Å². The number of aliphatic carboxylic acids is 1. The Hall–Kier alpha value is -1.71. The lowest BCUT2D eigenvalue weighted by molar-refractivity contribution is -0.147. The van der Waals surface area contributed by atoms with Crippen LogP contribution in [0.4, 0.5) is 0 Å². The number of methoxy groups -OCH3 is 1. The summed E-state index contributed by atoms with van der Waals surface area (Å²) >= 11 is 5.64. The Kier molecular flexibility index (Phi) is 5.43. The van der Waals surface area contributed by atoms with Gasteiger partial charge in [0.25, 0.3) is 0 Å². The van der Waals surface area contributed by atoms with Crippen LogP contribution in [0.2, 0.25) is 5.15 Å². The monoisotopic (exact) mass is 322 g/mol. The van der Waals surface area contributed by atoms with Gasteiger partial charge in [0.15, 0.2) is 0 Å². The van der Waals surface area contributed by atoms with Crippen molar-refractivity contribution in [3.8, 4) is 0 Å². The van der Waals surface area contributed by atoms with Crippen molar-refractivity contribution < 1.29 is 27.9 Å². The molecule has 1 aromatic rings. The third-order valence-electron chi connectivity index (χ3n) is 2.21. The molecule has 0 aliphatic heterocycles. The molecule has 0 radical (unpaired) electrons. The molecule has 20 heavy (non-hydrogen) atoms. The molecule has 1 atom stereocenters. The lowest BCUT2D eigenvalue weighted by atomic mass is 10.2. The van der Waals surface area contributed by atoms with Crippen LogP contribution in [0, 0.1) is 0 Å². The lowest BCUT2D eigenvalue weighted by Crippen LogP contribution is -2.42. The van der Waals surface area contributed by atoms with E-state index in [9.17, 15) is 18.0 Å². The van der Waals surface area contributed by atoms with Crippen molar-refractivity contribution in [2.45, 2.75) is 17.4 Å². The number of pyridine rings is 1. The minimum atomic E-state index is -4.22. The van der Waals surface area contributed by atoms with Crippen molar-refractivity contribution in [3.05, 3.63) is 23.5 Å². The summed E-state index contributed by atoms with van der Waals surface area (Å²) in [6, 6.07) is 0.828. The Labute approximate surface area is 119 Å². The molecule has 0 fully saturated rings. The van der Waals surface area contributed by atoms with Gasteiger partial charge >= 0.3 is 11.9 Å². The molecule has 0 bridgehead atoms. The summed E-state index contributed by atoms with van der Waals surface area (Å²) < 4.78 is 30.1. The summed E-state index contributed by atoms with van der Waals surface area (Å²) in [5.74, 6) is -2.38. The molecular weight excluding hydrogens is 312 g/mol. The number of nitrogens with one attached hydrogen (secondary N) is 1. The van der Waals surface area contributed by atoms with Gasteiger partial charge in [-0.15, -0.1) is 0 Å². The van der Waals surface area contributed by atoms with Gasteiger partial charge in [-0.25, -0.2) is 13.4 Å². The molecule has 1 rings (SSSR count). The highest BCUT2D eigenvalue weighted by Gasteiger charge is 2.29. The fraction of sp³-hybridized carbons (Fsp3) is 0.300. The highest BCUT2D eigenvalue weighted by molar-refractivity contribution is 7.89. The summed E-state index contributed by atoms with van der Waals surface area (Å²) in [5.41, 5.74) is 0. The van der Waals surface area contributed by atoms with Crippen LogP contribution in [0.1, 0.15) is 6.42 Å². The molecule has 0 aliphatic carbocycles. The molecule has 0 aliphatic rings. The summed E-state index contributed by atoms with van der Waals surface area (Å²) in [7, 11) is -3.16. The molecule has 0 amide bonds. The van der Waals surface area contributed by atoms with E-state index in [0.29, 0.717) is 0 Å². The van der Waals surface area contributed by atoms with Gasteiger partial charge in [-0.05, 0) is 12.1 Å². The van der Waals surface area contributed by atoms with Gasteiger partial charge in [-0.1, -0.05) is 11.6 Å². The van der Waals surface area contributed by atoms with Gasteiger partial charge in [-0.3, -0.25) is 9.59 Å². The zero-order chi connectivity index (χ0) is 15.3. The van der Waals surface area contributed by atoms with Crippen LogP contribution < -0.4 is 4.72 Å². The zero-order valence-electron chi connectivity index (χ0n) is 10.2. The summed E-state index contributed by atoms with van der Waals surface area (Å²) in [4.78, 5) is 25.2. The smallest absolute Gasteiger partial charge is 0.322 e. The first-order chi connectivity index (χ1) is 9.27. The minimum Gasteiger partial charge on any atom is -0.480 e. The topological polar surface area (TPSA) is 123 Å². The van der Waals surface area contributed by atoms with Crippen LogP contribution >= 0.6 is 11.6 Å². The van der Waals surface area contributed by atoms with Gasteiger partial charge in [0.2, 0.25) is 10.0 Å². The molecule has 1 heterocycles. The van der Waals surface area contributed by atoms with Crippen LogP contribution in [0.3, 0.4) is 0 Å². The quantitative estimate of drug-likeness (QED) is 0.559. The number of esters is 1. The molecule has 2 N–H and O–H groups in total. The fourth-order valence-electron chi connectivity index (χ4n) is 1.25. The zero-order valence-corrected chi connectivity index (χ0v) is 11.8. The number of ether oxygens (including phenoxy) is 1. The second kappa shape index (κ2) is 6.64. The molecule has 1 aromatic heterocycles. The maximum absolute atomic E-state index is 12.0. The molecule has 110 valence electrons. The van der Waals surface area contributed by atoms with E-state index in [1.54, 1.807) is 0 Å². The van der Waals surface area contributed by atoms with Gasteiger partial charge in [0.05, 0.1) is 13.5 Å². The molecular formula is C10H11ClN2O6S. The molecule has 0 spiro atoms. The maximum atomic E-state index is 12.0. The number of carbonyl (C=O) groups excluding carboxylic acids is 1. The highest BCUT2D eigenvalue weighted by Crippen LogP contribution is 2.18. The van der Waals surface area contributed by atoms with Crippen LogP contribution in [-0.4, -0.2) is 43.6 Å². The third kappa shape index (κ3) is 4.15. The highest BCUT2D eigenvalue weighted by atomic mass is 35.5. The molecule has 0 saturated carbocycles. The van der Waals surface area contributed by atoms with Gasteiger partial charge < -0.3 is 9.84 Å². The van der Waals surface area contributed by atoms with Gasteiger partial charge in [0, 0.05) is 6.20 Å². The van der Waals surface area contributed by atoms with Gasteiger partial charge in [0.1, 0.15) is 16.1 Å². The summed E-state index contributed by atoms with van der Waals surface area (Å²) in [6.07, 6.45) is 0.632. The fourth-order valence-corrected chi connectivity index (χ4v) is 2.89. The number of carbonyl (C=O) groups is 2. The van der Waals surface area contributed by atoms with E-state index in [2.05, 4.69) is 9.72 Å². The molecule has 0 aromatic carbocycles. The Morgan fingerprint density at radius 2 is 2.20 bits per heavy atom. The Morgan fingerprint density at radius 3 is 2.70 bits per heavy atom. The molecule has 0 saturated heterocycles. The first-order valence-electron chi connectivity index (χ1n) is 5.20. The van der Waals surface area contributed by atoms with Crippen LogP contribution in [0.15, 0.2) is 23.2 Å². The number of halogens is 1. The summed E-state index contributed by atoms with van der Waals surface area (Å²) in [6.45, 7) is 0. The normalized spacial score (nSPS) is 12.7. The number of aromatic nitrogens is 1. The number of carboxylic acids is 1. The van der Waals surface area contributed by atoms with Crippen molar-refractivity contribution in [1.82, 2.24) is 9.71 Å². The van der Waals surface area contributed by atoms with E-state index >= 15 is 0 Å². The van der Waals surface area contributed by atoms with E-state index in [1.807, 2.05) is 4.72 Å². The average Bonchev–Trinajstić information content (AvgIpc) is 2.37. The van der Waals surface area contributed by atoms with Crippen molar-refractivity contribution in [2.75, 3.05) is 7.11 Å². The van der Waals surface area contributed by atoms with E-state index in [4.69, 9.17) is 16.7 Å². The number of sulfonamides is 1. The first-order valence-corrected chi connectivity index (χ1v) is 7.06. The van der Waals surface area contributed by atoms with Crippen molar-refractivity contribution in [2.24, 2.45) is 0 Å². The molecule has 0 unspecified atom stereocenters. The van der Waals surface area contributed by atoms with E-state index in [-0.39, 0.29) is 10.0 Å². The molecule has 8 nitrogen and oxygen atoms in total. The SMILES string of the molecule is COC(=O)C[C@H](NS(=O)(=O)c1cccnc1Cl)C(=O)O. The number of hydrogen-bond donors (Lipinski definition) is 2. The van der Waals surface area contributed by atoms with E-state index in [1.165, 1.54) is 12.3 Å². The van der Waals surface area contributed by atoms with E-state index < -0.39 is 34.4 Å². The first kappa shape index (κ1) is 16.3. The molecule has 10 heteroatoms. The third-order valence-corrected chi connectivity index (χ3v) is 4.12. The number of nitrogens with zero attached hydrogens (tertiary/aromatic N) is 1. The van der Waals surface area contributed by atoms with Crippen molar-refractivity contribution >= 4 is 33.6 Å². The number of rotatable bonds is 6. The lowest BCUT2D eigenvalue weighted by Gasteiger charge is -2.14. The average molecular weight is 323 g/mol. The van der Waals surface area contributed by atoms with Crippen LogP contribution in [0.25, 0.3) is 0 Å². The second-order valence-electron chi connectivity index (χ2n) is 3.58. The van der Waals surface area contributed by atoms with E-state index in [0.717, 1.165) is 13.2 Å². The second-order valence-corrected chi connectivity index (χ2v) is 5.63. The number of carboxylic acid groups (broad SMARTS) is 1. The Morgan fingerprint density at radius 1 is 1.55 bits per heavy atom. The van der Waals surface area contributed by atoms with Crippen LogP contribution in [0.5, 0.6) is 0 Å².